The summed E-state index contributed by atoms with van der Waals surface area (Å²) in [5.74, 6) is 1.33. The summed E-state index contributed by atoms with van der Waals surface area (Å²) in [6.07, 6.45) is 3.99. The standard InChI is InChI=1S/C10H8Cl2N4O/c11-7-6-9(16-10(12)14-7)15-8(13-6)5-3-1-2-4-17-5/h3H,1-2,4H2,(H,13,14,15,16). The van der Waals surface area contributed by atoms with Gasteiger partial charge in [0.2, 0.25) is 5.28 Å². The van der Waals surface area contributed by atoms with E-state index in [-0.39, 0.29) is 10.4 Å². The first-order valence-electron chi connectivity index (χ1n) is 5.16. The Kier molecular flexibility index (Phi) is 2.64. The van der Waals surface area contributed by atoms with E-state index in [1.165, 1.54) is 0 Å². The van der Waals surface area contributed by atoms with Crippen molar-refractivity contribution in [2.45, 2.75) is 12.8 Å². The molecule has 0 spiro atoms. The predicted molar refractivity (Wildman–Crippen MR) is 64.9 cm³/mol. The number of H-pyrrole nitrogens is 1. The molecule has 0 radical (unpaired) electrons. The zero-order chi connectivity index (χ0) is 11.8. The lowest BCUT2D eigenvalue weighted by atomic mass is 10.2. The Labute approximate surface area is 107 Å². The number of aromatic amines is 1. The minimum Gasteiger partial charge on any atom is -0.490 e. The third kappa shape index (κ3) is 1.96. The lowest BCUT2D eigenvalue weighted by Crippen LogP contribution is -2.01. The Balaban J connectivity index is 2.13. The lowest BCUT2D eigenvalue weighted by molar-refractivity contribution is 0.256. The highest BCUT2D eigenvalue weighted by molar-refractivity contribution is 6.35. The number of fused-ring (bicyclic) bond motifs is 1. The minimum atomic E-state index is 0.0937. The van der Waals surface area contributed by atoms with E-state index in [0.717, 1.165) is 18.6 Å². The Bertz CT molecular complexity index is 608. The summed E-state index contributed by atoms with van der Waals surface area (Å²) in [6, 6.07) is 0. The predicted octanol–water partition coefficient (Wildman–Crippen LogP) is 2.81. The van der Waals surface area contributed by atoms with Gasteiger partial charge in [0.05, 0.1) is 6.61 Å². The summed E-state index contributed by atoms with van der Waals surface area (Å²) in [5.41, 5.74) is 1.02. The van der Waals surface area contributed by atoms with Crippen LogP contribution in [0.2, 0.25) is 10.4 Å². The Hall–Kier alpha value is -1.33. The molecule has 88 valence electrons. The maximum atomic E-state index is 5.94. The van der Waals surface area contributed by atoms with Gasteiger partial charge in [0.1, 0.15) is 5.52 Å². The molecule has 0 bridgehead atoms. The zero-order valence-electron chi connectivity index (χ0n) is 8.70. The first-order valence-corrected chi connectivity index (χ1v) is 5.92. The first kappa shape index (κ1) is 10.8. The highest BCUT2D eigenvalue weighted by Gasteiger charge is 2.15. The van der Waals surface area contributed by atoms with Crippen LogP contribution in [0.1, 0.15) is 18.7 Å². The van der Waals surface area contributed by atoms with Crippen molar-refractivity contribution in [2.24, 2.45) is 0 Å². The van der Waals surface area contributed by atoms with Crippen LogP contribution in [0.3, 0.4) is 0 Å². The highest BCUT2D eigenvalue weighted by atomic mass is 35.5. The topological polar surface area (TPSA) is 63.7 Å². The van der Waals surface area contributed by atoms with Crippen LogP contribution in [0.4, 0.5) is 0 Å². The van der Waals surface area contributed by atoms with Crippen molar-refractivity contribution in [1.29, 1.82) is 0 Å². The monoisotopic (exact) mass is 270 g/mol. The number of hydrogen-bond donors (Lipinski definition) is 1. The first-order chi connectivity index (χ1) is 8.24. The van der Waals surface area contributed by atoms with Gasteiger partial charge in [-0.2, -0.15) is 4.98 Å². The third-order valence-corrected chi connectivity index (χ3v) is 2.88. The van der Waals surface area contributed by atoms with Crippen molar-refractivity contribution in [2.75, 3.05) is 6.61 Å². The molecule has 7 heteroatoms. The Morgan fingerprint density at radius 3 is 2.88 bits per heavy atom. The third-order valence-electron chi connectivity index (χ3n) is 2.44. The van der Waals surface area contributed by atoms with Crippen molar-refractivity contribution in [3.63, 3.8) is 0 Å². The molecule has 0 aromatic carbocycles. The van der Waals surface area contributed by atoms with E-state index in [4.69, 9.17) is 27.9 Å². The molecule has 0 unspecified atom stereocenters. The Morgan fingerprint density at radius 2 is 2.12 bits per heavy atom. The van der Waals surface area contributed by atoms with Crippen molar-refractivity contribution in [1.82, 2.24) is 19.9 Å². The number of hydrogen-bond acceptors (Lipinski definition) is 4. The Morgan fingerprint density at radius 1 is 1.24 bits per heavy atom. The maximum absolute atomic E-state index is 5.94. The summed E-state index contributed by atoms with van der Waals surface area (Å²) >= 11 is 11.7. The van der Waals surface area contributed by atoms with Crippen LogP contribution in [-0.4, -0.2) is 26.5 Å². The second-order valence-electron chi connectivity index (χ2n) is 3.63. The number of aromatic nitrogens is 4. The van der Waals surface area contributed by atoms with Gasteiger partial charge in [0.15, 0.2) is 22.4 Å². The molecule has 0 fully saturated rings. The quantitative estimate of drug-likeness (QED) is 0.639. The smallest absolute Gasteiger partial charge is 0.225 e. The average molecular weight is 271 g/mol. The van der Waals surface area contributed by atoms with Crippen LogP contribution in [0.5, 0.6) is 0 Å². The normalized spacial score (nSPS) is 15.8. The molecule has 2 aromatic heterocycles. The SMILES string of the molecule is Clc1nc(Cl)c2nc(C3=CCCCO3)[nH]c2n1. The summed E-state index contributed by atoms with van der Waals surface area (Å²) in [6.45, 7) is 0.697. The summed E-state index contributed by atoms with van der Waals surface area (Å²) in [5, 5.41) is 0.329. The second-order valence-corrected chi connectivity index (χ2v) is 4.32. The minimum absolute atomic E-state index is 0.0937. The van der Waals surface area contributed by atoms with Crippen molar-refractivity contribution >= 4 is 40.1 Å². The molecule has 0 saturated carbocycles. The molecule has 0 saturated heterocycles. The molecule has 1 aliphatic rings. The van der Waals surface area contributed by atoms with Gasteiger partial charge >= 0.3 is 0 Å². The van der Waals surface area contributed by atoms with E-state index in [9.17, 15) is 0 Å². The van der Waals surface area contributed by atoms with Gasteiger partial charge in [-0.05, 0) is 30.5 Å². The van der Waals surface area contributed by atoms with E-state index in [2.05, 4.69) is 19.9 Å². The molecule has 0 amide bonds. The van der Waals surface area contributed by atoms with E-state index >= 15 is 0 Å². The van der Waals surface area contributed by atoms with E-state index in [1.807, 2.05) is 6.08 Å². The zero-order valence-corrected chi connectivity index (χ0v) is 10.2. The van der Waals surface area contributed by atoms with Gasteiger partial charge in [-0.25, -0.2) is 9.97 Å². The second kappa shape index (κ2) is 4.16. The van der Waals surface area contributed by atoms with Gasteiger partial charge in [-0.3, -0.25) is 0 Å². The number of rotatable bonds is 1. The number of imidazole rings is 1. The largest absolute Gasteiger partial charge is 0.490 e. The van der Waals surface area contributed by atoms with Crippen molar-refractivity contribution in [3.8, 4) is 0 Å². The number of halogens is 2. The summed E-state index contributed by atoms with van der Waals surface area (Å²) < 4.78 is 5.51. The fourth-order valence-corrected chi connectivity index (χ4v) is 2.10. The molecule has 0 atom stereocenters. The number of ether oxygens (including phenoxy) is 1. The van der Waals surface area contributed by atoms with Crippen LogP contribution in [0, 0.1) is 0 Å². The van der Waals surface area contributed by atoms with Gasteiger partial charge in [0, 0.05) is 0 Å². The number of nitrogens with one attached hydrogen (secondary N) is 1. The van der Waals surface area contributed by atoms with Crippen LogP contribution >= 0.6 is 23.2 Å². The van der Waals surface area contributed by atoms with Crippen LogP contribution in [0.15, 0.2) is 6.08 Å². The molecular weight excluding hydrogens is 263 g/mol. The average Bonchev–Trinajstić information content (AvgIpc) is 2.74. The van der Waals surface area contributed by atoms with Gasteiger partial charge in [-0.15, -0.1) is 0 Å². The van der Waals surface area contributed by atoms with Crippen LogP contribution < -0.4 is 0 Å². The molecule has 17 heavy (non-hydrogen) atoms. The van der Waals surface area contributed by atoms with Gasteiger partial charge in [0.25, 0.3) is 0 Å². The van der Waals surface area contributed by atoms with Gasteiger partial charge in [-0.1, -0.05) is 11.6 Å². The van der Waals surface area contributed by atoms with E-state index < -0.39 is 0 Å². The lowest BCUT2D eigenvalue weighted by Gasteiger charge is -2.12. The molecule has 3 rings (SSSR count). The van der Waals surface area contributed by atoms with E-state index in [1.54, 1.807) is 0 Å². The maximum Gasteiger partial charge on any atom is 0.225 e. The fraction of sp³-hybridized carbons (Fsp3) is 0.300. The van der Waals surface area contributed by atoms with E-state index in [0.29, 0.717) is 23.6 Å². The van der Waals surface area contributed by atoms with Crippen LogP contribution in [-0.2, 0) is 4.74 Å². The molecule has 1 N–H and O–H groups in total. The molecule has 5 nitrogen and oxygen atoms in total. The molecule has 1 aliphatic heterocycles. The van der Waals surface area contributed by atoms with Crippen molar-refractivity contribution in [3.05, 3.63) is 22.3 Å². The molecule has 3 heterocycles. The number of allylic oxidation sites excluding steroid dienone is 1. The molecule has 0 aliphatic carbocycles. The fourth-order valence-electron chi connectivity index (χ4n) is 1.68. The van der Waals surface area contributed by atoms with Gasteiger partial charge < -0.3 is 9.72 Å². The number of nitrogens with zero attached hydrogens (tertiary/aromatic N) is 3. The van der Waals surface area contributed by atoms with Crippen molar-refractivity contribution < 1.29 is 4.74 Å². The van der Waals surface area contributed by atoms with Crippen LogP contribution in [0.25, 0.3) is 16.9 Å². The highest BCUT2D eigenvalue weighted by Crippen LogP contribution is 2.24. The summed E-state index contributed by atoms with van der Waals surface area (Å²) in [4.78, 5) is 15.2. The molecule has 2 aromatic rings. The molecular formula is C10H8Cl2N4O. The summed E-state index contributed by atoms with van der Waals surface area (Å²) in [7, 11) is 0.